The van der Waals surface area contributed by atoms with Gasteiger partial charge < -0.3 is 10.1 Å². The normalized spacial score (nSPS) is 19.0. The zero-order valence-electron chi connectivity index (χ0n) is 13.8. The van der Waals surface area contributed by atoms with Gasteiger partial charge in [0.15, 0.2) is 0 Å². The lowest BCUT2D eigenvalue weighted by molar-refractivity contribution is 0.138. The number of hydrogen-bond donors (Lipinski definition) is 1. The summed E-state index contributed by atoms with van der Waals surface area (Å²) < 4.78 is 6.02. The molecule has 1 aliphatic heterocycles. The van der Waals surface area contributed by atoms with Crippen molar-refractivity contribution in [1.29, 1.82) is 0 Å². The minimum absolute atomic E-state index is 0.681. The molecule has 1 heterocycles. The van der Waals surface area contributed by atoms with Crippen LogP contribution in [-0.2, 0) is 0 Å². The Morgan fingerprint density at radius 2 is 2.14 bits per heavy atom. The molecule has 21 heavy (non-hydrogen) atoms. The van der Waals surface area contributed by atoms with E-state index in [0.29, 0.717) is 6.04 Å². The molecule has 0 spiro atoms. The second-order valence-corrected chi connectivity index (χ2v) is 6.15. The highest BCUT2D eigenvalue weighted by molar-refractivity contribution is 5.35. The molecule has 0 bridgehead atoms. The minimum Gasteiger partial charge on any atom is -0.492 e. The van der Waals surface area contributed by atoms with Gasteiger partial charge in [0.25, 0.3) is 0 Å². The first-order chi connectivity index (χ1) is 10.2. The van der Waals surface area contributed by atoms with Crippen LogP contribution in [0.25, 0.3) is 0 Å². The van der Waals surface area contributed by atoms with Crippen LogP contribution in [0.5, 0.6) is 5.75 Å². The first kappa shape index (κ1) is 16.3. The molecule has 1 unspecified atom stereocenters. The fraction of sp³-hybridized carbons (Fsp3) is 0.667. The predicted molar refractivity (Wildman–Crippen MR) is 89.2 cm³/mol. The third kappa shape index (κ3) is 5.01. The minimum atomic E-state index is 0.681. The predicted octanol–water partition coefficient (Wildman–Crippen LogP) is 3.15. The van der Waals surface area contributed by atoms with Gasteiger partial charge in [-0.3, -0.25) is 4.90 Å². The molecule has 3 heteroatoms. The van der Waals surface area contributed by atoms with Crippen LogP contribution in [0.2, 0.25) is 0 Å². The molecule has 0 radical (unpaired) electrons. The van der Waals surface area contributed by atoms with Gasteiger partial charge in [0.2, 0.25) is 0 Å². The van der Waals surface area contributed by atoms with Gasteiger partial charge >= 0.3 is 0 Å². The van der Waals surface area contributed by atoms with Gasteiger partial charge in [0.1, 0.15) is 12.4 Å². The number of piperidine rings is 1. The Morgan fingerprint density at radius 3 is 2.86 bits per heavy atom. The highest BCUT2D eigenvalue weighted by atomic mass is 16.5. The summed E-state index contributed by atoms with van der Waals surface area (Å²) in [7, 11) is 0. The average molecular weight is 290 g/mol. The second kappa shape index (κ2) is 8.40. The van der Waals surface area contributed by atoms with E-state index in [0.717, 1.165) is 25.4 Å². The molecule has 0 aliphatic carbocycles. The Hall–Kier alpha value is -1.06. The quantitative estimate of drug-likeness (QED) is 0.835. The van der Waals surface area contributed by atoms with E-state index in [1.165, 1.54) is 43.5 Å². The molecule has 118 valence electrons. The Balaban J connectivity index is 1.85. The highest BCUT2D eigenvalue weighted by Crippen LogP contribution is 2.19. The van der Waals surface area contributed by atoms with Crippen LogP contribution in [0.15, 0.2) is 18.2 Å². The molecule has 2 rings (SSSR count). The summed E-state index contributed by atoms with van der Waals surface area (Å²) in [6.07, 6.45) is 3.82. The van der Waals surface area contributed by atoms with Crippen LogP contribution >= 0.6 is 0 Å². The first-order valence-electron chi connectivity index (χ1n) is 8.35. The fourth-order valence-electron chi connectivity index (χ4n) is 3.04. The standard InChI is InChI=1S/C18H30N2O/c1-4-10-20(17-6-5-9-19-14-17)11-12-21-18-13-15(2)7-8-16(18)3/h7-8,13,17,19H,4-6,9-12,14H2,1-3H3. The van der Waals surface area contributed by atoms with E-state index in [1.54, 1.807) is 0 Å². The monoisotopic (exact) mass is 290 g/mol. The van der Waals surface area contributed by atoms with E-state index in [9.17, 15) is 0 Å². The van der Waals surface area contributed by atoms with E-state index >= 15 is 0 Å². The SMILES string of the molecule is CCCN(CCOc1cc(C)ccc1C)C1CCCNC1. The van der Waals surface area contributed by atoms with Crippen LogP contribution in [-0.4, -0.2) is 43.7 Å². The zero-order chi connectivity index (χ0) is 15.1. The molecular weight excluding hydrogens is 260 g/mol. The molecule has 0 amide bonds. The van der Waals surface area contributed by atoms with Crippen molar-refractivity contribution in [1.82, 2.24) is 10.2 Å². The van der Waals surface area contributed by atoms with Crippen LogP contribution in [0.1, 0.15) is 37.3 Å². The molecule has 1 aliphatic rings. The summed E-state index contributed by atoms with van der Waals surface area (Å²) in [6.45, 7) is 11.8. The molecule has 1 aromatic carbocycles. The molecule has 1 fully saturated rings. The number of benzene rings is 1. The van der Waals surface area contributed by atoms with Crippen LogP contribution < -0.4 is 10.1 Å². The molecule has 0 aromatic heterocycles. The van der Waals surface area contributed by atoms with Crippen molar-refractivity contribution >= 4 is 0 Å². The number of ether oxygens (including phenoxy) is 1. The lowest BCUT2D eigenvalue weighted by Crippen LogP contribution is -2.47. The topological polar surface area (TPSA) is 24.5 Å². The van der Waals surface area contributed by atoms with E-state index < -0.39 is 0 Å². The number of aryl methyl sites for hydroxylation is 2. The maximum Gasteiger partial charge on any atom is 0.122 e. The van der Waals surface area contributed by atoms with Gasteiger partial charge in [-0.15, -0.1) is 0 Å². The van der Waals surface area contributed by atoms with Crippen molar-refractivity contribution < 1.29 is 4.74 Å². The summed E-state index contributed by atoms with van der Waals surface area (Å²) in [5.41, 5.74) is 2.49. The smallest absolute Gasteiger partial charge is 0.122 e. The Kier molecular flexibility index (Phi) is 6.52. The van der Waals surface area contributed by atoms with Gasteiger partial charge in [-0.1, -0.05) is 19.1 Å². The largest absolute Gasteiger partial charge is 0.492 e. The second-order valence-electron chi connectivity index (χ2n) is 6.15. The summed E-state index contributed by atoms with van der Waals surface area (Å²) >= 11 is 0. The van der Waals surface area contributed by atoms with Crippen LogP contribution in [0.3, 0.4) is 0 Å². The van der Waals surface area contributed by atoms with Crippen molar-refractivity contribution in [3.05, 3.63) is 29.3 Å². The van der Waals surface area contributed by atoms with Crippen molar-refractivity contribution in [3.8, 4) is 5.75 Å². The van der Waals surface area contributed by atoms with E-state index in [1.807, 2.05) is 0 Å². The summed E-state index contributed by atoms with van der Waals surface area (Å²) in [4.78, 5) is 2.59. The van der Waals surface area contributed by atoms with Crippen molar-refractivity contribution in [2.75, 3.05) is 32.8 Å². The van der Waals surface area contributed by atoms with Gasteiger partial charge in [-0.05, 0) is 63.4 Å². The number of nitrogens with one attached hydrogen (secondary N) is 1. The zero-order valence-corrected chi connectivity index (χ0v) is 13.8. The van der Waals surface area contributed by atoms with Gasteiger partial charge in [-0.2, -0.15) is 0 Å². The Labute approximate surface area is 129 Å². The highest BCUT2D eigenvalue weighted by Gasteiger charge is 2.20. The average Bonchev–Trinajstić information content (AvgIpc) is 2.51. The van der Waals surface area contributed by atoms with E-state index in [-0.39, 0.29) is 0 Å². The van der Waals surface area contributed by atoms with Gasteiger partial charge in [0.05, 0.1) is 0 Å². The molecule has 1 atom stereocenters. The number of hydrogen-bond acceptors (Lipinski definition) is 3. The number of nitrogens with zero attached hydrogens (tertiary/aromatic N) is 1. The first-order valence-corrected chi connectivity index (χ1v) is 8.35. The maximum absolute atomic E-state index is 6.02. The third-order valence-corrected chi connectivity index (χ3v) is 4.28. The lowest BCUT2D eigenvalue weighted by atomic mass is 10.1. The molecule has 1 N–H and O–H groups in total. The van der Waals surface area contributed by atoms with E-state index in [4.69, 9.17) is 4.74 Å². The number of rotatable bonds is 7. The Morgan fingerprint density at radius 1 is 1.29 bits per heavy atom. The van der Waals surface area contributed by atoms with Crippen LogP contribution in [0.4, 0.5) is 0 Å². The van der Waals surface area contributed by atoms with Gasteiger partial charge in [-0.25, -0.2) is 0 Å². The Bertz CT molecular complexity index is 427. The fourth-order valence-corrected chi connectivity index (χ4v) is 3.04. The molecule has 0 saturated carbocycles. The molecule has 1 aromatic rings. The third-order valence-electron chi connectivity index (χ3n) is 4.28. The summed E-state index contributed by atoms with van der Waals surface area (Å²) in [5, 5.41) is 3.52. The van der Waals surface area contributed by atoms with E-state index in [2.05, 4.69) is 49.2 Å². The lowest BCUT2D eigenvalue weighted by Gasteiger charge is -2.34. The van der Waals surface area contributed by atoms with Crippen LogP contribution in [0, 0.1) is 13.8 Å². The van der Waals surface area contributed by atoms with Gasteiger partial charge in [0, 0.05) is 19.1 Å². The van der Waals surface area contributed by atoms with Crippen molar-refractivity contribution in [2.45, 2.75) is 46.1 Å². The molecular formula is C18H30N2O. The molecule has 3 nitrogen and oxygen atoms in total. The molecule has 1 saturated heterocycles. The summed E-state index contributed by atoms with van der Waals surface area (Å²) in [6, 6.07) is 7.10. The maximum atomic E-state index is 6.02. The summed E-state index contributed by atoms with van der Waals surface area (Å²) in [5.74, 6) is 1.04. The van der Waals surface area contributed by atoms with Crippen molar-refractivity contribution in [3.63, 3.8) is 0 Å². The van der Waals surface area contributed by atoms with Crippen molar-refractivity contribution in [2.24, 2.45) is 0 Å².